The maximum atomic E-state index is 10.9. The van der Waals surface area contributed by atoms with Gasteiger partial charge in [-0.05, 0) is 43.0 Å². The molecule has 0 atom stereocenters. The van der Waals surface area contributed by atoms with Crippen molar-refractivity contribution in [1.82, 2.24) is 4.57 Å². The fourth-order valence-corrected chi connectivity index (χ4v) is 4.64. The van der Waals surface area contributed by atoms with E-state index in [1.54, 1.807) is 12.1 Å². The second-order valence-corrected chi connectivity index (χ2v) is 9.11. The molecule has 7 nitrogen and oxygen atoms in total. The Kier molecular flexibility index (Phi) is 5.50. The maximum Gasteiger partial charge on any atom is 0.222 e. The lowest BCUT2D eigenvalue weighted by Crippen LogP contribution is -2.25. The predicted octanol–water partition coefficient (Wildman–Crippen LogP) is 3.80. The number of anilines is 2. The number of thiol groups is 1. The topological polar surface area (TPSA) is 95.6 Å². The zero-order valence-electron chi connectivity index (χ0n) is 17.3. The van der Waals surface area contributed by atoms with Crippen LogP contribution in [0.5, 0.6) is 5.75 Å². The Morgan fingerprint density at radius 1 is 1.06 bits per heavy atom. The molecule has 0 unspecified atom stereocenters. The number of nitrogens with one attached hydrogen (secondary N) is 1. The smallest absolute Gasteiger partial charge is 0.222 e. The highest BCUT2D eigenvalue weighted by molar-refractivity contribution is 7.73. The zero-order valence-corrected chi connectivity index (χ0v) is 18.1. The van der Waals surface area contributed by atoms with E-state index in [-0.39, 0.29) is 6.10 Å². The van der Waals surface area contributed by atoms with Crippen LogP contribution in [-0.2, 0) is 22.2 Å². The summed E-state index contributed by atoms with van der Waals surface area (Å²) >= 11 is 0. The van der Waals surface area contributed by atoms with Crippen LogP contribution in [0.3, 0.4) is 0 Å². The maximum absolute atomic E-state index is 10.9. The van der Waals surface area contributed by atoms with Gasteiger partial charge in [0.15, 0.2) is 0 Å². The van der Waals surface area contributed by atoms with Gasteiger partial charge in [-0.3, -0.25) is 4.72 Å². The first kappa shape index (κ1) is 20.2. The van der Waals surface area contributed by atoms with Gasteiger partial charge in [0.25, 0.3) is 0 Å². The summed E-state index contributed by atoms with van der Waals surface area (Å²) in [7, 11) is -2.69. The number of nitrogens with zero attached hydrogens (tertiary/aromatic N) is 1. The van der Waals surface area contributed by atoms with Gasteiger partial charge < -0.3 is 19.8 Å². The van der Waals surface area contributed by atoms with Crippen LogP contribution in [0.4, 0.5) is 11.4 Å². The standard InChI is InChI=1S/C23H27N3O4S/c24-22-20-8-7-19(30-18-9-11-29-12-10-18)13-21(20)26(14-15-1-2-15)23(22)16-3-5-17(6-4-16)25-31(27)28/h3-8,13,15,18,31H,1-2,9-12,14,24H2,(H,25,27,28). The Morgan fingerprint density at radius 2 is 1.81 bits per heavy atom. The van der Waals surface area contributed by atoms with Gasteiger partial charge in [-0.25, -0.2) is 8.42 Å². The quantitative estimate of drug-likeness (QED) is 0.485. The monoisotopic (exact) mass is 441 g/mol. The molecular weight excluding hydrogens is 414 g/mol. The van der Waals surface area contributed by atoms with Gasteiger partial charge >= 0.3 is 0 Å². The van der Waals surface area contributed by atoms with Gasteiger partial charge in [0.05, 0.1) is 30.1 Å². The Morgan fingerprint density at radius 3 is 2.48 bits per heavy atom. The van der Waals surface area contributed by atoms with Gasteiger partial charge in [-0.2, -0.15) is 0 Å². The second kappa shape index (κ2) is 8.43. The van der Waals surface area contributed by atoms with Crippen LogP contribution in [-0.4, -0.2) is 32.3 Å². The number of hydrogen-bond donors (Lipinski definition) is 3. The van der Waals surface area contributed by atoms with Crippen molar-refractivity contribution in [3.63, 3.8) is 0 Å². The highest BCUT2D eigenvalue weighted by Gasteiger charge is 2.26. The molecule has 1 saturated heterocycles. The Bertz CT molecular complexity index is 1150. The molecule has 164 valence electrons. The minimum atomic E-state index is -2.69. The van der Waals surface area contributed by atoms with Crippen molar-refractivity contribution < 1.29 is 17.9 Å². The second-order valence-electron chi connectivity index (χ2n) is 8.37. The van der Waals surface area contributed by atoms with E-state index in [9.17, 15) is 8.42 Å². The molecule has 8 heteroatoms. The van der Waals surface area contributed by atoms with E-state index in [1.807, 2.05) is 24.3 Å². The van der Waals surface area contributed by atoms with Crippen molar-refractivity contribution in [2.75, 3.05) is 23.7 Å². The summed E-state index contributed by atoms with van der Waals surface area (Å²) in [5.41, 5.74) is 10.9. The van der Waals surface area contributed by atoms with Crippen LogP contribution < -0.4 is 15.2 Å². The highest BCUT2D eigenvalue weighted by Crippen LogP contribution is 2.41. The van der Waals surface area contributed by atoms with Crippen LogP contribution >= 0.6 is 0 Å². The fourth-order valence-electron chi connectivity index (χ4n) is 4.28. The summed E-state index contributed by atoms with van der Waals surface area (Å²) in [5.74, 6) is 1.53. The molecule has 3 aromatic rings. The number of benzene rings is 2. The number of hydrogen-bond acceptors (Lipinski definition) is 5. The van der Waals surface area contributed by atoms with Crippen molar-refractivity contribution in [3.05, 3.63) is 42.5 Å². The molecule has 5 rings (SSSR count). The number of aromatic nitrogens is 1. The Labute approximate surface area is 183 Å². The predicted molar refractivity (Wildman–Crippen MR) is 123 cm³/mol. The van der Waals surface area contributed by atoms with Gasteiger partial charge in [-0.1, -0.05) is 12.1 Å². The van der Waals surface area contributed by atoms with E-state index in [0.29, 0.717) is 11.6 Å². The van der Waals surface area contributed by atoms with Crippen molar-refractivity contribution in [1.29, 1.82) is 0 Å². The van der Waals surface area contributed by atoms with E-state index in [1.165, 1.54) is 12.8 Å². The zero-order chi connectivity index (χ0) is 21.4. The first-order valence-corrected chi connectivity index (χ1v) is 11.9. The molecule has 1 aromatic heterocycles. The van der Waals surface area contributed by atoms with Gasteiger partial charge in [0.2, 0.25) is 10.9 Å². The van der Waals surface area contributed by atoms with Crippen molar-refractivity contribution in [2.45, 2.75) is 38.3 Å². The molecule has 2 fully saturated rings. The van der Waals surface area contributed by atoms with Crippen LogP contribution in [0.1, 0.15) is 25.7 Å². The van der Waals surface area contributed by atoms with Crippen LogP contribution in [0.2, 0.25) is 0 Å². The third-order valence-corrected chi connectivity index (χ3v) is 6.50. The van der Waals surface area contributed by atoms with Crippen molar-refractivity contribution in [3.8, 4) is 17.0 Å². The molecule has 3 N–H and O–H groups in total. The Balaban J connectivity index is 1.54. The average molecular weight is 442 g/mol. The SMILES string of the molecule is Nc1c(-c2ccc(N[SH](=O)=O)cc2)n(CC2CC2)c2cc(OC3CCOCC3)ccc12. The molecule has 0 bridgehead atoms. The lowest BCUT2D eigenvalue weighted by Gasteiger charge is -2.23. The van der Waals surface area contributed by atoms with E-state index in [0.717, 1.165) is 66.2 Å². The minimum absolute atomic E-state index is 0.183. The van der Waals surface area contributed by atoms with Crippen LogP contribution in [0.25, 0.3) is 22.2 Å². The summed E-state index contributed by atoms with van der Waals surface area (Å²) in [4.78, 5) is 0. The number of rotatable bonds is 7. The summed E-state index contributed by atoms with van der Waals surface area (Å²) in [5, 5.41) is 1.01. The average Bonchev–Trinajstić information content (AvgIpc) is 3.54. The molecule has 0 spiro atoms. The molecule has 0 radical (unpaired) electrons. The Hall–Kier alpha value is -2.71. The summed E-state index contributed by atoms with van der Waals surface area (Å²) in [6, 6.07) is 13.5. The lowest BCUT2D eigenvalue weighted by molar-refractivity contribution is 0.0256. The largest absolute Gasteiger partial charge is 0.490 e. The molecule has 0 amide bonds. The molecule has 1 aliphatic heterocycles. The summed E-state index contributed by atoms with van der Waals surface area (Å²) in [6.45, 7) is 2.40. The van der Waals surface area contributed by atoms with Crippen molar-refractivity contribution >= 4 is 33.2 Å². The molecule has 1 saturated carbocycles. The molecular formula is C23H27N3O4S. The number of nitrogen functional groups attached to an aromatic ring is 1. The van der Waals surface area contributed by atoms with Gasteiger partial charge in [-0.15, -0.1) is 0 Å². The molecule has 1 aliphatic carbocycles. The number of nitrogens with two attached hydrogens (primary N) is 1. The van der Waals surface area contributed by atoms with Crippen molar-refractivity contribution in [2.24, 2.45) is 5.92 Å². The first-order chi connectivity index (χ1) is 15.1. The molecule has 31 heavy (non-hydrogen) atoms. The van der Waals surface area contributed by atoms with Crippen LogP contribution in [0, 0.1) is 5.92 Å². The third-order valence-electron chi connectivity index (χ3n) is 6.06. The number of fused-ring (bicyclic) bond motifs is 1. The van der Waals surface area contributed by atoms with E-state index < -0.39 is 10.9 Å². The van der Waals surface area contributed by atoms with E-state index >= 15 is 0 Å². The minimum Gasteiger partial charge on any atom is -0.490 e. The summed E-state index contributed by atoms with van der Waals surface area (Å²) in [6.07, 6.45) is 4.46. The molecule has 2 aromatic carbocycles. The molecule has 2 aliphatic rings. The van der Waals surface area contributed by atoms with E-state index in [4.69, 9.17) is 15.2 Å². The number of ether oxygens (including phenoxy) is 2. The van der Waals surface area contributed by atoms with Gasteiger partial charge in [0.1, 0.15) is 11.9 Å². The van der Waals surface area contributed by atoms with Crippen LogP contribution in [0.15, 0.2) is 42.5 Å². The van der Waals surface area contributed by atoms with Gasteiger partial charge in [0, 0.05) is 42.1 Å². The third kappa shape index (κ3) is 4.36. The summed E-state index contributed by atoms with van der Waals surface area (Å²) < 4.78 is 38.3. The normalized spacial score (nSPS) is 17.3. The molecule has 2 heterocycles. The highest BCUT2D eigenvalue weighted by atomic mass is 32.2. The lowest BCUT2D eigenvalue weighted by atomic mass is 10.1. The first-order valence-electron chi connectivity index (χ1n) is 10.8. The fraction of sp³-hybridized carbons (Fsp3) is 0.391. The van der Waals surface area contributed by atoms with E-state index in [2.05, 4.69) is 15.4 Å².